The van der Waals surface area contributed by atoms with Gasteiger partial charge in [0.1, 0.15) is 17.8 Å². The molecule has 7 heteroatoms. The molecule has 0 saturated carbocycles. The molecule has 1 amide bonds. The number of amides is 1. The van der Waals surface area contributed by atoms with Gasteiger partial charge in [-0.15, -0.1) is 0 Å². The van der Waals surface area contributed by atoms with Crippen molar-refractivity contribution >= 4 is 29.1 Å². The van der Waals surface area contributed by atoms with Gasteiger partial charge in [-0.3, -0.25) is 4.79 Å². The number of esters is 1. The fourth-order valence-electron chi connectivity index (χ4n) is 2.81. The van der Waals surface area contributed by atoms with Crippen molar-refractivity contribution in [1.29, 1.82) is 0 Å². The van der Waals surface area contributed by atoms with Gasteiger partial charge in [-0.1, -0.05) is 29.8 Å². The molecule has 2 aromatic carbocycles. The average molecular weight is 390 g/mol. The van der Waals surface area contributed by atoms with Crippen molar-refractivity contribution in [3.63, 3.8) is 0 Å². The van der Waals surface area contributed by atoms with Crippen molar-refractivity contribution in [1.82, 2.24) is 9.97 Å². The first-order valence-corrected chi connectivity index (χ1v) is 9.21. The van der Waals surface area contributed by atoms with Crippen LogP contribution in [0.5, 0.6) is 0 Å². The van der Waals surface area contributed by atoms with Gasteiger partial charge in [-0.25, -0.2) is 14.8 Å². The van der Waals surface area contributed by atoms with Crippen LogP contribution in [0.1, 0.15) is 38.9 Å². The van der Waals surface area contributed by atoms with Gasteiger partial charge in [-0.05, 0) is 44.5 Å². The highest BCUT2D eigenvalue weighted by atomic mass is 16.5. The number of para-hydroxylation sites is 1. The Kier molecular flexibility index (Phi) is 6.19. The zero-order valence-electron chi connectivity index (χ0n) is 16.5. The van der Waals surface area contributed by atoms with E-state index in [0.717, 1.165) is 16.8 Å². The summed E-state index contributed by atoms with van der Waals surface area (Å²) < 4.78 is 5.08. The first-order valence-electron chi connectivity index (χ1n) is 9.21. The molecule has 2 N–H and O–H groups in total. The molecular formula is C22H22N4O3. The molecule has 0 aliphatic carbocycles. The summed E-state index contributed by atoms with van der Waals surface area (Å²) in [5.74, 6) is -0.388. The fraction of sp³-hybridized carbons (Fsp3) is 0.182. The van der Waals surface area contributed by atoms with Crippen LogP contribution in [0, 0.1) is 13.8 Å². The van der Waals surface area contributed by atoms with Gasteiger partial charge in [0.05, 0.1) is 17.9 Å². The molecule has 7 nitrogen and oxygen atoms in total. The highest BCUT2D eigenvalue weighted by Gasteiger charge is 2.14. The summed E-state index contributed by atoms with van der Waals surface area (Å²) in [6.07, 6.45) is 1.30. The highest BCUT2D eigenvalue weighted by molar-refractivity contribution is 6.03. The second kappa shape index (κ2) is 8.97. The number of anilines is 3. The topological polar surface area (TPSA) is 93.2 Å². The van der Waals surface area contributed by atoms with E-state index in [9.17, 15) is 9.59 Å². The largest absolute Gasteiger partial charge is 0.462 e. The number of hydrogen-bond acceptors (Lipinski definition) is 6. The lowest BCUT2D eigenvalue weighted by molar-refractivity contribution is 0.0527. The maximum absolute atomic E-state index is 12.6. The minimum absolute atomic E-state index is 0.205. The summed E-state index contributed by atoms with van der Waals surface area (Å²) in [5.41, 5.74) is 3.93. The third-order valence-electron chi connectivity index (χ3n) is 4.21. The van der Waals surface area contributed by atoms with Crippen LogP contribution in [-0.2, 0) is 4.74 Å². The van der Waals surface area contributed by atoms with E-state index < -0.39 is 5.97 Å². The number of aromatic nitrogens is 2. The van der Waals surface area contributed by atoms with Gasteiger partial charge in [0.25, 0.3) is 5.91 Å². The van der Waals surface area contributed by atoms with Crippen LogP contribution < -0.4 is 10.6 Å². The second-order valence-electron chi connectivity index (χ2n) is 6.45. The number of rotatable bonds is 6. The van der Waals surface area contributed by atoms with Gasteiger partial charge in [0.2, 0.25) is 0 Å². The molecule has 0 atom stereocenters. The lowest BCUT2D eigenvalue weighted by Crippen LogP contribution is -2.15. The van der Waals surface area contributed by atoms with E-state index in [1.54, 1.807) is 31.2 Å². The van der Waals surface area contributed by atoms with Gasteiger partial charge in [-0.2, -0.15) is 0 Å². The minimum Gasteiger partial charge on any atom is -0.462 e. The molecule has 3 aromatic rings. The predicted octanol–water partition coefficient (Wildman–Crippen LogP) is 4.27. The Morgan fingerprint density at radius 3 is 2.55 bits per heavy atom. The molecule has 0 unspecified atom stereocenters. The quantitative estimate of drug-likeness (QED) is 0.611. The maximum Gasteiger partial charge on any atom is 0.340 e. The number of hydrogen-bond donors (Lipinski definition) is 2. The molecule has 0 radical (unpaired) electrons. The second-order valence-corrected chi connectivity index (χ2v) is 6.45. The van der Waals surface area contributed by atoms with Crippen LogP contribution in [0.2, 0.25) is 0 Å². The zero-order valence-corrected chi connectivity index (χ0v) is 16.5. The van der Waals surface area contributed by atoms with E-state index in [1.165, 1.54) is 12.4 Å². The number of carbonyl (C=O) groups excluding carboxylic acids is 2. The van der Waals surface area contributed by atoms with E-state index in [0.29, 0.717) is 17.1 Å². The lowest BCUT2D eigenvalue weighted by atomic mass is 10.1. The van der Waals surface area contributed by atoms with E-state index in [-0.39, 0.29) is 18.2 Å². The van der Waals surface area contributed by atoms with Crippen molar-refractivity contribution in [3.8, 4) is 0 Å². The summed E-state index contributed by atoms with van der Waals surface area (Å²) in [6.45, 7) is 5.96. The Bertz CT molecular complexity index is 1050. The third kappa shape index (κ3) is 4.95. The Balaban J connectivity index is 1.80. The number of carbonyl (C=O) groups is 2. The highest BCUT2D eigenvalue weighted by Crippen LogP contribution is 2.21. The molecule has 0 spiro atoms. The molecule has 0 bridgehead atoms. The molecule has 0 aliphatic heterocycles. The lowest BCUT2D eigenvalue weighted by Gasteiger charge is -2.12. The molecule has 1 aromatic heterocycles. The smallest absolute Gasteiger partial charge is 0.340 e. The van der Waals surface area contributed by atoms with Crippen molar-refractivity contribution in [2.45, 2.75) is 20.8 Å². The molecule has 0 aliphatic rings. The summed E-state index contributed by atoms with van der Waals surface area (Å²) in [5, 5.41) is 5.92. The normalized spacial score (nSPS) is 10.3. The van der Waals surface area contributed by atoms with Gasteiger partial charge < -0.3 is 15.4 Å². The van der Waals surface area contributed by atoms with Crippen molar-refractivity contribution in [2.24, 2.45) is 0 Å². The van der Waals surface area contributed by atoms with Crippen LogP contribution in [0.15, 0.2) is 54.9 Å². The van der Waals surface area contributed by atoms with Crippen LogP contribution in [0.25, 0.3) is 0 Å². The van der Waals surface area contributed by atoms with Crippen LogP contribution in [0.3, 0.4) is 0 Å². The first kappa shape index (κ1) is 20.0. The average Bonchev–Trinajstić information content (AvgIpc) is 2.71. The van der Waals surface area contributed by atoms with Crippen LogP contribution in [0.4, 0.5) is 17.2 Å². The molecular weight excluding hydrogens is 368 g/mol. The van der Waals surface area contributed by atoms with Gasteiger partial charge in [0.15, 0.2) is 0 Å². The van der Waals surface area contributed by atoms with E-state index in [1.807, 2.05) is 32.0 Å². The Morgan fingerprint density at radius 2 is 1.79 bits per heavy atom. The standard InChI is InChI=1S/C22H22N4O3/c1-4-29-22(28)16-7-5-6-8-18(16)25-20-12-19(23-13-24-20)21(27)26-17-10-9-14(2)11-15(17)3/h5-13H,4H2,1-3H3,(H,26,27)(H,23,24,25). The third-order valence-corrected chi connectivity index (χ3v) is 4.21. The monoisotopic (exact) mass is 390 g/mol. The summed E-state index contributed by atoms with van der Waals surface area (Å²) in [7, 11) is 0. The fourth-order valence-corrected chi connectivity index (χ4v) is 2.81. The summed E-state index contributed by atoms with van der Waals surface area (Å²) in [6, 6.07) is 14.3. The molecule has 0 saturated heterocycles. The summed E-state index contributed by atoms with van der Waals surface area (Å²) >= 11 is 0. The van der Waals surface area contributed by atoms with Crippen molar-refractivity contribution < 1.29 is 14.3 Å². The number of nitrogens with one attached hydrogen (secondary N) is 2. The van der Waals surface area contributed by atoms with Crippen molar-refractivity contribution in [3.05, 3.63) is 77.2 Å². The minimum atomic E-state index is -0.433. The molecule has 29 heavy (non-hydrogen) atoms. The van der Waals surface area contributed by atoms with Gasteiger partial charge >= 0.3 is 5.97 Å². The number of aryl methyl sites for hydroxylation is 2. The number of nitrogens with zero attached hydrogens (tertiary/aromatic N) is 2. The first-order chi connectivity index (χ1) is 14.0. The molecule has 1 heterocycles. The number of ether oxygens (including phenoxy) is 1. The SMILES string of the molecule is CCOC(=O)c1ccccc1Nc1cc(C(=O)Nc2ccc(C)cc2C)ncn1. The summed E-state index contributed by atoms with van der Waals surface area (Å²) in [4.78, 5) is 32.9. The molecule has 0 fully saturated rings. The molecule has 148 valence electrons. The van der Waals surface area contributed by atoms with E-state index >= 15 is 0 Å². The predicted molar refractivity (Wildman–Crippen MR) is 112 cm³/mol. The Labute approximate surface area is 169 Å². The van der Waals surface area contributed by atoms with Crippen LogP contribution >= 0.6 is 0 Å². The number of benzene rings is 2. The Morgan fingerprint density at radius 1 is 1.00 bits per heavy atom. The zero-order chi connectivity index (χ0) is 20.8. The maximum atomic E-state index is 12.6. The van der Waals surface area contributed by atoms with Crippen molar-refractivity contribution in [2.75, 3.05) is 17.2 Å². The Hall–Kier alpha value is -3.74. The van der Waals surface area contributed by atoms with E-state index in [4.69, 9.17) is 4.74 Å². The van der Waals surface area contributed by atoms with E-state index in [2.05, 4.69) is 20.6 Å². The van der Waals surface area contributed by atoms with Gasteiger partial charge in [0, 0.05) is 11.8 Å². The van der Waals surface area contributed by atoms with Crippen LogP contribution in [-0.4, -0.2) is 28.5 Å². The molecule has 3 rings (SSSR count).